The second kappa shape index (κ2) is 18.2. The third-order valence-corrected chi connectivity index (χ3v) is 17.2. The lowest BCUT2D eigenvalue weighted by molar-refractivity contribution is 1.17. The Kier molecular flexibility index (Phi) is 10.5. The molecule has 3 aromatic heterocycles. The monoisotopic (exact) mass is 1030 g/mol. The zero-order valence-electron chi connectivity index (χ0n) is 45.7. The molecule has 3 heteroatoms. The van der Waals surface area contributed by atoms with Gasteiger partial charge in [0.2, 0.25) is 0 Å². The molecule has 0 amide bonds. The fourth-order valence-corrected chi connectivity index (χ4v) is 13.5. The molecular weight excluding hydrogens is 979 g/mol. The molecule has 382 valence electrons. The first-order valence-electron chi connectivity index (χ1n) is 28.2. The van der Waals surface area contributed by atoms with Crippen LogP contribution in [0.25, 0.3) is 149 Å². The minimum Gasteiger partial charge on any atom is -0.309 e. The van der Waals surface area contributed by atoms with Crippen molar-refractivity contribution < 1.29 is 0 Å². The summed E-state index contributed by atoms with van der Waals surface area (Å²) in [6, 6.07) is 97.8. The summed E-state index contributed by atoms with van der Waals surface area (Å²) in [5.41, 5.74) is 25.4. The molecule has 3 nitrogen and oxygen atoms in total. The SMILES string of the molecule is Cc1cccc(-n2c3ccc(C)cc3c3cc(-c4ccc5c(c4)c4cc(-c6ccc7c(c6)c6cc(C)ccc6n7-c6cccc(C)c6)ccc4n5-c4ccc(-c5c6ccccc6c(-c6ccccc6)c6ccccc56)cc4)ccc32)c1. The molecular formula is C78H55N3. The third-order valence-electron chi connectivity index (χ3n) is 17.2. The maximum atomic E-state index is 2.47. The average Bonchev–Trinajstić information content (AvgIpc) is 4.38. The van der Waals surface area contributed by atoms with E-state index in [1.807, 2.05) is 0 Å². The van der Waals surface area contributed by atoms with Crippen LogP contribution in [0.15, 0.2) is 261 Å². The van der Waals surface area contributed by atoms with Crippen LogP contribution >= 0.6 is 0 Å². The Hall–Kier alpha value is -10.2. The maximum Gasteiger partial charge on any atom is 0.0541 e. The molecule has 0 unspecified atom stereocenters. The van der Waals surface area contributed by atoms with E-state index >= 15 is 0 Å². The second-order valence-corrected chi connectivity index (χ2v) is 22.4. The van der Waals surface area contributed by atoms with Gasteiger partial charge in [-0.05, 0) is 214 Å². The quantitative estimate of drug-likeness (QED) is 0.141. The molecule has 0 saturated heterocycles. The van der Waals surface area contributed by atoms with E-state index < -0.39 is 0 Å². The van der Waals surface area contributed by atoms with Gasteiger partial charge in [-0.15, -0.1) is 0 Å². The number of nitrogens with zero attached hydrogens (tertiary/aromatic N) is 3. The van der Waals surface area contributed by atoms with Crippen LogP contribution in [0, 0.1) is 27.7 Å². The molecule has 0 spiro atoms. The minimum atomic E-state index is 1.12. The van der Waals surface area contributed by atoms with Gasteiger partial charge in [-0.25, -0.2) is 0 Å². The fraction of sp³-hybridized carbons (Fsp3) is 0.0513. The van der Waals surface area contributed by atoms with E-state index in [0.717, 1.165) is 5.69 Å². The molecule has 0 aliphatic rings. The Bertz CT molecular complexity index is 4970. The lowest BCUT2D eigenvalue weighted by Crippen LogP contribution is -1.95. The highest BCUT2D eigenvalue weighted by atomic mass is 15.0. The highest BCUT2D eigenvalue weighted by Crippen LogP contribution is 2.46. The molecule has 0 aliphatic heterocycles. The molecule has 81 heavy (non-hydrogen) atoms. The number of aromatic nitrogens is 3. The van der Waals surface area contributed by atoms with Gasteiger partial charge in [0.05, 0.1) is 33.1 Å². The van der Waals surface area contributed by atoms with E-state index in [1.54, 1.807) is 0 Å². The van der Waals surface area contributed by atoms with Gasteiger partial charge in [-0.3, -0.25) is 0 Å². The summed E-state index contributed by atoms with van der Waals surface area (Å²) in [5, 5.41) is 12.5. The Balaban J connectivity index is 0.887. The average molecular weight is 1030 g/mol. The number of rotatable bonds is 7. The largest absolute Gasteiger partial charge is 0.309 e. The second-order valence-electron chi connectivity index (χ2n) is 22.4. The minimum absolute atomic E-state index is 1.12. The summed E-state index contributed by atoms with van der Waals surface area (Å²) >= 11 is 0. The summed E-state index contributed by atoms with van der Waals surface area (Å²) in [5.74, 6) is 0. The van der Waals surface area contributed by atoms with E-state index in [-0.39, 0.29) is 0 Å². The number of hydrogen-bond donors (Lipinski definition) is 0. The first-order chi connectivity index (χ1) is 39.8. The smallest absolute Gasteiger partial charge is 0.0541 e. The van der Waals surface area contributed by atoms with Crippen LogP contribution in [0.4, 0.5) is 0 Å². The van der Waals surface area contributed by atoms with Crippen LogP contribution in [0.3, 0.4) is 0 Å². The van der Waals surface area contributed by atoms with E-state index in [0.29, 0.717) is 0 Å². The Morgan fingerprint density at radius 3 is 0.852 bits per heavy atom. The van der Waals surface area contributed by atoms with E-state index in [9.17, 15) is 0 Å². The summed E-state index contributed by atoms with van der Waals surface area (Å²) in [7, 11) is 0. The molecule has 16 rings (SSSR count). The number of fused-ring (bicyclic) bond motifs is 11. The highest BCUT2D eigenvalue weighted by molar-refractivity contribution is 6.22. The van der Waals surface area contributed by atoms with E-state index in [2.05, 4.69) is 302 Å². The van der Waals surface area contributed by atoms with Crippen molar-refractivity contribution in [1.82, 2.24) is 13.7 Å². The van der Waals surface area contributed by atoms with E-state index in [4.69, 9.17) is 0 Å². The predicted molar refractivity (Wildman–Crippen MR) is 345 cm³/mol. The lowest BCUT2D eigenvalue weighted by atomic mass is 9.86. The van der Waals surface area contributed by atoms with Crippen LogP contribution in [0.2, 0.25) is 0 Å². The van der Waals surface area contributed by atoms with Crippen molar-refractivity contribution in [2.45, 2.75) is 27.7 Å². The molecule has 0 aliphatic carbocycles. The van der Waals surface area contributed by atoms with Crippen molar-refractivity contribution in [3.8, 4) is 61.6 Å². The number of benzene rings is 13. The summed E-state index contributed by atoms with van der Waals surface area (Å²) in [6.07, 6.45) is 0. The lowest BCUT2D eigenvalue weighted by Gasteiger charge is -2.18. The molecule has 3 heterocycles. The topological polar surface area (TPSA) is 14.8 Å². The zero-order valence-corrected chi connectivity index (χ0v) is 45.7. The highest BCUT2D eigenvalue weighted by Gasteiger charge is 2.21. The first kappa shape index (κ1) is 46.8. The van der Waals surface area contributed by atoms with Crippen molar-refractivity contribution in [2.75, 3.05) is 0 Å². The van der Waals surface area contributed by atoms with Gasteiger partial charge in [0.15, 0.2) is 0 Å². The standard InChI is InChI=1S/C78H55N3/c1-48-14-12-18-59(40-48)80-71-34-24-50(3)42-65(71)67-44-54(30-38-75(67)80)56-28-36-73-69(46-56)70-47-57(55-31-39-76-68(45-55)66-43-51(4)25-35-72(66)81(76)60-19-13-15-49(2)41-60)29-37-74(70)79(73)58-32-26-53(27-33-58)78-63-22-10-8-20-61(63)77(52-16-6-5-7-17-52)62-21-9-11-23-64(62)78/h5-47H,1-4H3. The molecule has 16 aromatic rings. The van der Waals surface area contributed by atoms with Crippen molar-refractivity contribution >= 4 is 87.0 Å². The van der Waals surface area contributed by atoms with Crippen LogP contribution in [-0.2, 0) is 0 Å². The number of hydrogen-bond acceptors (Lipinski definition) is 0. The van der Waals surface area contributed by atoms with Gasteiger partial charge in [0.25, 0.3) is 0 Å². The van der Waals surface area contributed by atoms with Gasteiger partial charge in [-0.2, -0.15) is 0 Å². The van der Waals surface area contributed by atoms with Crippen molar-refractivity contribution in [2.24, 2.45) is 0 Å². The Morgan fingerprint density at radius 2 is 0.481 bits per heavy atom. The van der Waals surface area contributed by atoms with Gasteiger partial charge in [0, 0.05) is 49.4 Å². The predicted octanol–water partition coefficient (Wildman–Crippen LogP) is 21.2. The van der Waals surface area contributed by atoms with Crippen molar-refractivity contribution in [1.29, 1.82) is 0 Å². The molecule has 0 bridgehead atoms. The fourth-order valence-electron chi connectivity index (χ4n) is 13.5. The summed E-state index contributed by atoms with van der Waals surface area (Å²) in [6.45, 7) is 8.73. The Morgan fingerprint density at radius 1 is 0.185 bits per heavy atom. The third kappa shape index (κ3) is 7.43. The van der Waals surface area contributed by atoms with Gasteiger partial charge in [0.1, 0.15) is 0 Å². The van der Waals surface area contributed by atoms with Crippen LogP contribution in [0.1, 0.15) is 22.3 Å². The Labute approximate surface area is 470 Å². The molecule has 0 N–H and O–H groups in total. The van der Waals surface area contributed by atoms with Gasteiger partial charge in [-0.1, -0.05) is 163 Å². The summed E-state index contributed by atoms with van der Waals surface area (Å²) < 4.78 is 7.32. The van der Waals surface area contributed by atoms with Crippen LogP contribution in [-0.4, -0.2) is 13.7 Å². The summed E-state index contributed by atoms with van der Waals surface area (Å²) in [4.78, 5) is 0. The van der Waals surface area contributed by atoms with E-state index in [1.165, 1.54) is 165 Å². The maximum absolute atomic E-state index is 2.47. The molecule has 13 aromatic carbocycles. The van der Waals surface area contributed by atoms with Crippen LogP contribution < -0.4 is 0 Å². The van der Waals surface area contributed by atoms with Crippen molar-refractivity contribution in [3.63, 3.8) is 0 Å². The zero-order chi connectivity index (χ0) is 54.0. The van der Waals surface area contributed by atoms with Crippen molar-refractivity contribution in [3.05, 3.63) is 283 Å². The first-order valence-corrected chi connectivity index (χ1v) is 28.2. The van der Waals surface area contributed by atoms with Gasteiger partial charge >= 0.3 is 0 Å². The molecule has 0 atom stereocenters. The van der Waals surface area contributed by atoms with Gasteiger partial charge < -0.3 is 13.7 Å². The molecule has 0 radical (unpaired) electrons. The number of aryl methyl sites for hydroxylation is 4. The normalized spacial score (nSPS) is 12.0. The molecule has 0 fully saturated rings. The van der Waals surface area contributed by atoms with Crippen LogP contribution in [0.5, 0.6) is 0 Å². The molecule has 0 saturated carbocycles.